The maximum atomic E-state index is 14.2. The summed E-state index contributed by atoms with van der Waals surface area (Å²) in [6, 6.07) is 19.5. The van der Waals surface area contributed by atoms with Crippen LogP contribution in [-0.4, -0.2) is 19.0 Å². The fraction of sp³-hybridized carbons (Fsp3) is 0.387. The van der Waals surface area contributed by atoms with E-state index >= 15 is 0 Å². The van der Waals surface area contributed by atoms with Crippen molar-refractivity contribution in [1.82, 2.24) is 5.32 Å². The molecule has 1 aliphatic carbocycles. The van der Waals surface area contributed by atoms with Crippen molar-refractivity contribution < 1.29 is 22.4 Å². The zero-order valence-electron chi connectivity index (χ0n) is 21.2. The Balaban J connectivity index is 1.21. The second-order valence-electron chi connectivity index (χ2n) is 10.5. The van der Waals surface area contributed by atoms with Gasteiger partial charge in [0.1, 0.15) is 5.82 Å². The van der Waals surface area contributed by atoms with E-state index in [-0.39, 0.29) is 23.4 Å². The lowest BCUT2D eigenvalue weighted by molar-refractivity contribution is -0.137. The third-order valence-electron chi connectivity index (χ3n) is 8.04. The van der Waals surface area contributed by atoms with E-state index in [1.165, 1.54) is 29.5 Å². The Labute approximate surface area is 220 Å². The molecule has 7 heteroatoms. The van der Waals surface area contributed by atoms with Crippen LogP contribution in [0.5, 0.6) is 0 Å². The SMILES string of the molecule is O=C(Nc1ccc(C(F)(F)F)cc1F)C1CCCC(c2ccc(-c3ccc(C4CCNCC4)cc3)cc2)C1. The Hall–Kier alpha value is -3.19. The van der Waals surface area contributed by atoms with Gasteiger partial charge >= 0.3 is 6.18 Å². The highest BCUT2D eigenvalue weighted by Crippen LogP contribution is 2.38. The average Bonchev–Trinajstić information content (AvgIpc) is 2.94. The number of alkyl halides is 3. The molecule has 3 aromatic rings. The van der Waals surface area contributed by atoms with E-state index in [1.807, 2.05) is 0 Å². The number of hydrogen-bond donors (Lipinski definition) is 2. The standard InChI is InChI=1S/C31H32F4N2O/c32-28-19-27(31(33,34)35)12-13-29(28)37-30(38)26-3-1-2-25(18-26)23-10-8-21(9-11-23)20-4-6-22(7-5-20)24-14-16-36-17-15-24/h4-13,19,24-26,36H,1-3,14-18H2,(H,37,38). The molecule has 1 aliphatic heterocycles. The van der Waals surface area contributed by atoms with Crippen LogP contribution in [0.1, 0.15) is 67.1 Å². The topological polar surface area (TPSA) is 41.1 Å². The molecule has 2 atom stereocenters. The van der Waals surface area contributed by atoms with Crippen molar-refractivity contribution in [2.75, 3.05) is 18.4 Å². The monoisotopic (exact) mass is 524 g/mol. The van der Waals surface area contributed by atoms with Gasteiger partial charge < -0.3 is 10.6 Å². The van der Waals surface area contributed by atoms with Gasteiger partial charge in [0.25, 0.3) is 0 Å². The van der Waals surface area contributed by atoms with Gasteiger partial charge in [-0.25, -0.2) is 4.39 Å². The molecule has 2 unspecified atom stereocenters. The van der Waals surface area contributed by atoms with Gasteiger partial charge in [-0.05, 0) is 97.5 Å². The number of carbonyl (C=O) groups is 1. The van der Waals surface area contributed by atoms with E-state index in [0.29, 0.717) is 24.8 Å². The molecule has 38 heavy (non-hydrogen) atoms. The highest BCUT2D eigenvalue weighted by atomic mass is 19.4. The molecule has 2 N–H and O–H groups in total. The summed E-state index contributed by atoms with van der Waals surface area (Å²) in [6.45, 7) is 2.15. The first-order valence-electron chi connectivity index (χ1n) is 13.4. The first-order chi connectivity index (χ1) is 18.3. The molecular formula is C31H32F4N2O. The number of rotatable bonds is 5. The van der Waals surface area contributed by atoms with Gasteiger partial charge in [0.2, 0.25) is 5.91 Å². The second-order valence-corrected chi connectivity index (χ2v) is 10.5. The van der Waals surface area contributed by atoms with Gasteiger partial charge in [0.15, 0.2) is 0 Å². The predicted octanol–water partition coefficient (Wildman–Crippen LogP) is 7.89. The summed E-state index contributed by atoms with van der Waals surface area (Å²) in [5.41, 5.74) is 3.59. The van der Waals surface area contributed by atoms with Gasteiger partial charge in [0.05, 0.1) is 11.3 Å². The zero-order valence-corrected chi connectivity index (χ0v) is 21.2. The number of nitrogens with one attached hydrogen (secondary N) is 2. The molecule has 0 aromatic heterocycles. The van der Waals surface area contributed by atoms with Crippen LogP contribution in [0.2, 0.25) is 0 Å². The van der Waals surface area contributed by atoms with Crippen LogP contribution in [0, 0.1) is 11.7 Å². The minimum absolute atomic E-state index is 0.202. The molecule has 1 saturated heterocycles. The van der Waals surface area contributed by atoms with Crippen LogP contribution in [0.3, 0.4) is 0 Å². The number of piperidine rings is 1. The molecule has 1 heterocycles. The van der Waals surface area contributed by atoms with Crippen LogP contribution in [0.25, 0.3) is 11.1 Å². The Kier molecular flexibility index (Phi) is 7.84. The molecule has 0 spiro atoms. The van der Waals surface area contributed by atoms with Crippen LogP contribution in [0.4, 0.5) is 23.2 Å². The average molecular weight is 525 g/mol. The van der Waals surface area contributed by atoms with Crippen LogP contribution < -0.4 is 10.6 Å². The minimum atomic E-state index is -4.63. The molecule has 5 rings (SSSR count). The first-order valence-corrected chi connectivity index (χ1v) is 13.4. The van der Waals surface area contributed by atoms with Gasteiger partial charge in [0, 0.05) is 5.92 Å². The van der Waals surface area contributed by atoms with Crippen molar-refractivity contribution in [3.63, 3.8) is 0 Å². The molecule has 2 fully saturated rings. The third kappa shape index (κ3) is 6.09. The molecule has 1 amide bonds. The van der Waals surface area contributed by atoms with Crippen molar-refractivity contribution in [2.24, 2.45) is 5.92 Å². The summed E-state index contributed by atoms with van der Waals surface area (Å²) in [5, 5.41) is 5.92. The summed E-state index contributed by atoms with van der Waals surface area (Å²) >= 11 is 0. The van der Waals surface area contributed by atoms with E-state index in [2.05, 4.69) is 59.2 Å². The number of amides is 1. The van der Waals surface area contributed by atoms with Crippen LogP contribution in [0.15, 0.2) is 66.7 Å². The lowest BCUT2D eigenvalue weighted by Crippen LogP contribution is -2.28. The largest absolute Gasteiger partial charge is 0.416 e. The van der Waals surface area contributed by atoms with E-state index in [9.17, 15) is 22.4 Å². The van der Waals surface area contributed by atoms with Crippen molar-refractivity contribution in [3.05, 3.63) is 89.2 Å². The normalized spacial score (nSPS) is 20.7. The maximum Gasteiger partial charge on any atom is 0.416 e. The summed E-state index contributed by atoms with van der Waals surface area (Å²) in [5.74, 6) is -0.926. The Morgan fingerprint density at radius 1 is 0.789 bits per heavy atom. The molecular weight excluding hydrogens is 492 g/mol. The number of hydrogen-bond acceptors (Lipinski definition) is 2. The molecule has 3 nitrogen and oxygen atoms in total. The molecule has 2 aliphatic rings. The lowest BCUT2D eigenvalue weighted by Gasteiger charge is -2.29. The predicted molar refractivity (Wildman–Crippen MR) is 141 cm³/mol. The molecule has 1 saturated carbocycles. The summed E-state index contributed by atoms with van der Waals surface area (Å²) in [6.07, 6.45) is 0.832. The van der Waals surface area contributed by atoms with Crippen LogP contribution >= 0.6 is 0 Å². The van der Waals surface area contributed by atoms with E-state index < -0.39 is 17.6 Å². The Morgan fingerprint density at radius 2 is 1.39 bits per heavy atom. The highest BCUT2D eigenvalue weighted by molar-refractivity contribution is 5.92. The number of halogens is 4. The Morgan fingerprint density at radius 3 is 1.97 bits per heavy atom. The summed E-state index contributed by atoms with van der Waals surface area (Å²) in [4.78, 5) is 12.9. The molecule has 0 radical (unpaired) electrons. The van der Waals surface area contributed by atoms with E-state index in [4.69, 9.17) is 0 Å². The van der Waals surface area contributed by atoms with Crippen molar-refractivity contribution in [1.29, 1.82) is 0 Å². The van der Waals surface area contributed by atoms with Gasteiger partial charge in [-0.15, -0.1) is 0 Å². The second kappa shape index (κ2) is 11.3. The fourth-order valence-corrected chi connectivity index (χ4v) is 5.81. The third-order valence-corrected chi connectivity index (χ3v) is 8.04. The molecule has 3 aromatic carbocycles. The first kappa shape index (κ1) is 26.4. The van der Waals surface area contributed by atoms with Gasteiger partial charge in [-0.2, -0.15) is 13.2 Å². The quantitative estimate of drug-likeness (QED) is 0.333. The maximum absolute atomic E-state index is 14.2. The summed E-state index contributed by atoms with van der Waals surface area (Å²) < 4.78 is 52.7. The number of carbonyl (C=O) groups excluding carboxylic acids is 1. The van der Waals surface area contributed by atoms with Crippen molar-refractivity contribution in [3.8, 4) is 11.1 Å². The van der Waals surface area contributed by atoms with Crippen molar-refractivity contribution in [2.45, 2.75) is 56.5 Å². The van der Waals surface area contributed by atoms with E-state index in [1.54, 1.807) is 0 Å². The van der Waals surface area contributed by atoms with Gasteiger partial charge in [-0.3, -0.25) is 4.79 Å². The smallest absolute Gasteiger partial charge is 0.323 e. The Bertz CT molecular complexity index is 1250. The number of anilines is 1. The van der Waals surface area contributed by atoms with Gasteiger partial charge in [-0.1, -0.05) is 55.0 Å². The van der Waals surface area contributed by atoms with E-state index in [0.717, 1.165) is 43.6 Å². The number of benzene rings is 3. The highest BCUT2D eigenvalue weighted by Gasteiger charge is 2.32. The summed E-state index contributed by atoms with van der Waals surface area (Å²) in [7, 11) is 0. The van der Waals surface area contributed by atoms with Crippen molar-refractivity contribution >= 4 is 11.6 Å². The fourth-order valence-electron chi connectivity index (χ4n) is 5.81. The van der Waals surface area contributed by atoms with Crippen LogP contribution in [-0.2, 0) is 11.0 Å². The molecule has 0 bridgehead atoms. The lowest BCUT2D eigenvalue weighted by atomic mass is 9.77. The zero-order chi connectivity index (χ0) is 26.7. The minimum Gasteiger partial charge on any atom is -0.323 e. The molecule has 200 valence electrons.